The van der Waals surface area contributed by atoms with Crippen LogP contribution in [-0.2, 0) is 6.42 Å². The molecule has 2 aromatic carbocycles. The number of hydrogen-bond donors (Lipinski definition) is 2. The van der Waals surface area contributed by atoms with Crippen LogP contribution in [0.25, 0.3) is 0 Å². The summed E-state index contributed by atoms with van der Waals surface area (Å²) in [6.07, 6.45) is 0.537. The van der Waals surface area contributed by atoms with Crippen LogP contribution in [0.3, 0.4) is 0 Å². The van der Waals surface area contributed by atoms with Gasteiger partial charge in [-0.2, -0.15) is 0 Å². The summed E-state index contributed by atoms with van der Waals surface area (Å²) in [7, 11) is 0. The van der Waals surface area contributed by atoms with Gasteiger partial charge in [-0.25, -0.2) is 4.39 Å². The molecule has 1 unspecified atom stereocenters. The predicted molar refractivity (Wildman–Crippen MR) is 76.6 cm³/mol. The van der Waals surface area contributed by atoms with Crippen LogP contribution in [0.15, 0.2) is 42.5 Å². The van der Waals surface area contributed by atoms with E-state index < -0.39 is 0 Å². The van der Waals surface area contributed by atoms with Crippen LogP contribution in [0, 0.1) is 5.82 Å². The lowest BCUT2D eigenvalue weighted by atomic mass is 9.99. The summed E-state index contributed by atoms with van der Waals surface area (Å²) >= 11 is 12.0. The van der Waals surface area contributed by atoms with Crippen molar-refractivity contribution >= 4 is 23.2 Å². The molecular weight excluding hydrogens is 286 g/mol. The molecule has 0 aliphatic heterocycles. The molecule has 0 fully saturated rings. The summed E-state index contributed by atoms with van der Waals surface area (Å²) in [5.41, 5.74) is 4.37. The Labute approximate surface area is 121 Å². The lowest BCUT2D eigenvalue weighted by Crippen LogP contribution is -2.29. The lowest BCUT2D eigenvalue weighted by molar-refractivity contribution is 0.549. The zero-order valence-electron chi connectivity index (χ0n) is 10.0. The third kappa shape index (κ3) is 3.67. The predicted octanol–water partition coefficient (Wildman–Crippen LogP) is 3.88. The highest BCUT2D eigenvalue weighted by Crippen LogP contribution is 2.28. The molecule has 0 saturated heterocycles. The SMILES string of the molecule is NNC(Cc1cccc(F)c1)c1ccc(Cl)cc1Cl. The minimum atomic E-state index is -0.268. The van der Waals surface area contributed by atoms with Gasteiger partial charge in [0.15, 0.2) is 0 Å². The Balaban J connectivity index is 2.25. The molecule has 0 aliphatic carbocycles. The molecule has 5 heteroatoms. The summed E-state index contributed by atoms with van der Waals surface area (Å²) < 4.78 is 13.2. The van der Waals surface area contributed by atoms with E-state index in [2.05, 4.69) is 5.43 Å². The van der Waals surface area contributed by atoms with E-state index in [9.17, 15) is 4.39 Å². The quantitative estimate of drug-likeness (QED) is 0.664. The first-order valence-electron chi connectivity index (χ1n) is 5.75. The Morgan fingerprint density at radius 3 is 2.58 bits per heavy atom. The van der Waals surface area contributed by atoms with E-state index in [4.69, 9.17) is 29.0 Å². The van der Waals surface area contributed by atoms with Gasteiger partial charge in [0, 0.05) is 10.0 Å². The first-order chi connectivity index (χ1) is 9.10. The molecular formula is C14H13Cl2FN2. The molecule has 2 nitrogen and oxygen atoms in total. The van der Waals surface area contributed by atoms with Crippen molar-refractivity contribution in [3.05, 3.63) is 69.5 Å². The molecule has 2 aromatic rings. The van der Waals surface area contributed by atoms with E-state index >= 15 is 0 Å². The molecule has 2 rings (SSSR count). The van der Waals surface area contributed by atoms with Crippen molar-refractivity contribution in [2.45, 2.75) is 12.5 Å². The molecule has 0 aliphatic rings. The monoisotopic (exact) mass is 298 g/mol. The first-order valence-corrected chi connectivity index (χ1v) is 6.51. The summed E-state index contributed by atoms with van der Waals surface area (Å²) in [5.74, 6) is 5.29. The van der Waals surface area contributed by atoms with Gasteiger partial charge in [0.05, 0.1) is 6.04 Å². The van der Waals surface area contributed by atoms with Gasteiger partial charge in [-0.1, -0.05) is 41.4 Å². The zero-order chi connectivity index (χ0) is 13.8. The number of hydrazine groups is 1. The number of rotatable bonds is 4. The van der Waals surface area contributed by atoms with Gasteiger partial charge in [0.1, 0.15) is 5.82 Å². The molecule has 0 spiro atoms. The number of halogens is 3. The van der Waals surface area contributed by atoms with Gasteiger partial charge in [0.25, 0.3) is 0 Å². The highest BCUT2D eigenvalue weighted by atomic mass is 35.5. The normalized spacial score (nSPS) is 12.4. The first kappa shape index (κ1) is 14.3. The molecule has 0 bridgehead atoms. The zero-order valence-corrected chi connectivity index (χ0v) is 11.5. The fourth-order valence-electron chi connectivity index (χ4n) is 1.94. The van der Waals surface area contributed by atoms with Crippen LogP contribution < -0.4 is 11.3 Å². The van der Waals surface area contributed by atoms with Crippen LogP contribution in [0.5, 0.6) is 0 Å². The van der Waals surface area contributed by atoms with Crippen LogP contribution in [0.1, 0.15) is 17.2 Å². The van der Waals surface area contributed by atoms with Gasteiger partial charge >= 0.3 is 0 Å². The largest absolute Gasteiger partial charge is 0.271 e. The van der Waals surface area contributed by atoms with E-state index in [1.54, 1.807) is 18.2 Å². The Kier molecular flexibility index (Phi) is 4.77. The highest BCUT2D eigenvalue weighted by Gasteiger charge is 2.14. The van der Waals surface area contributed by atoms with Crippen molar-refractivity contribution in [1.29, 1.82) is 0 Å². The van der Waals surface area contributed by atoms with Gasteiger partial charge in [0.2, 0.25) is 0 Å². The van der Waals surface area contributed by atoms with E-state index in [1.807, 2.05) is 12.1 Å². The Bertz CT molecular complexity index is 575. The van der Waals surface area contributed by atoms with Gasteiger partial charge < -0.3 is 0 Å². The van der Waals surface area contributed by atoms with Crippen molar-refractivity contribution in [1.82, 2.24) is 5.43 Å². The molecule has 19 heavy (non-hydrogen) atoms. The molecule has 0 amide bonds. The molecule has 0 heterocycles. The van der Waals surface area contributed by atoms with E-state index in [1.165, 1.54) is 12.1 Å². The van der Waals surface area contributed by atoms with Gasteiger partial charge in [-0.15, -0.1) is 0 Å². The third-order valence-corrected chi connectivity index (χ3v) is 3.43. The average molecular weight is 299 g/mol. The second kappa shape index (κ2) is 6.35. The van der Waals surface area contributed by atoms with Crippen LogP contribution >= 0.6 is 23.2 Å². The molecule has 100 valence electrons. The fourth-order valence-corrected chi connectivity index (χ4v) is 2.48. The topological polar surface area (TPSA) is 38.0 Å². The van der Waals surface area contributed by atoms with Crippen molar-refractivity contribution < 1.29 is 4.39 Å². The summed E-state index contributed by atoms with van der Waals surface area (Å²) in [4.78, 5) is 0. The molecule has 0 radical (unpaired) electrons. The molecule has 0 aromatic heterocycles. The number of nitrogens with two attached hydrogens (primary N) is 1. The fraction of sp³-hybridized carbons (Fsp3) is 0.143. The maximum Gasteiger partial charge on any atom is 0.123 e. The minimum Gasteiger partial charge on any atom is -0.271 e. The number of nitrogens with one attached hydrogen (secondary N) is 1. The van der Waals surface area contributed by atoms with E-state index in [0.29, 0.717) is 16.5 Å². The van der Waals surface area contributed by atoms with Crippen molar-refractivity contribution in [2.75, 3.05) is 0 Å². The summed E-state index contributed by atoms with van der Waals surface area (Å²) in [5, 5.41) is 1.10. The minimum absolute atomic E-state index is 0.202. The summed E-state index contributed by atoms with van der Waals surface area (Å²) in [6, 6.07) is 11.4. The molecule has 1 atom stereocenters. The third-order valence-electron chi connectivity index (χ3n) is 2.87. The second-order valence-electron chi connectivity index (χ2n) is 4.22. The highest BCUT2D eigenvalue weighted by molar-refractivity contribution is 6.35. The Morgan fingerprint density at radius 2 is 1.95 bits per heavy atom. The molecule has 0 saturated carbocycles. The standard InChI is InChI=1S/C14H13Cl2FN2/c15-10-4-5-12(13(16)8-10)14(19-18)7-9-2-1-3-11(17)6-9/h1-6,8,14,19H,7,18H2. The van der Waals surface area contributed by atoms with Crippen LogP contribution in [0.4, 0.5) is 4.39 Å². The van der Waals surface area contributed by atoms with Gasteiger partial charge in [-0.3, -0.25) is 11.3 Å². The Morgan fingerprint density at radius 1 is 1.16 bits per heavy atom. The molecule has 3 N–H and O–H groups in total. The lowest BCUT2D eigenvalue weighted by Gasteiger charge is -2.18. The Hall–Kier alpha value is -1.13. The smallest absolute Gasteiger partial charge is 0.123 e. The van der Waals surface area contributed by atoms with Crippen molar-refractivity contribution in [3.63, 3.8) is 0 Å². The van der Waals surface area contributed by atoms with Crippen LogP contribution in [0.2, 0.25) is 10.0 Å². The summed E-state index contributed by atoms with van der Waals surface area (Å²) in [6.45, 7) is 0. The average Bonchev–Trinajstić information content (AvgIpc) is 2.37. The van der Waals surface area contributed by atoms with Gasteiger partial charge in [-0.05, 0) is 41.8 Å². The van der Waals surface area contributed by atoms with Crippen LogP contribution in [-0.4, -0.2) is 0 Å². The van der Waals surface area contributed by atoms with Crippen molar-refractivity contribution in [2.24, 2.45) is 5.84 Å². The maximum absolute atomic E-state index is 13.2. The van der Waals surface area contributed by atoms with E-state index in [-0.39, 0.29) is 11.9 Å². The second-order valence-corrected chi connectivity index (χ2v) is 5.06. The number of benzene rings is 2. The number of hydrogen-bond acceptors (Lipinski definition) is 2. The maximum atomic E-state index is 13.2. The van der Waals surface area contributed by atoms with Crippen molar-refractivity contribution in [3.8, 4) is 0 Å². The van der Waals surface area contributed by atoms with E-state index in [0.717, 1.165) is 11.1 Å².